The van der Waals surface area contributed by atoms with E-state index in [1.165, 1.54) is 0 Å². The first-order valence-corrected chi connectivity index (χ1v) is 6.86. The molecule has 6 heteroatoms. The highest BCUT2D eigenvalue weighted by Gasteiger charge is 2.22. The average Bonchev–Trinajstić information content (AvgIpc) is 2.20. The van der Waals surface area contributed by atoms with Crippen LogP contribution in [0.4, 0.5) is 4.79 Å². The summed E-state index contributed by atoms with van der Waals surface area (Å²) >= 11 is 0. The first kappa shape index (κ1) is 17.7. The number of amides is 1. The number of rotatable bonds is 8. The molecule has 0 saturated carbocycles. The van der Waals surface area contributed by atoms with E-state index in [0.29, 0.717) is 6.42 Å². The lowest BCUT2D eigenvalue weighted by Crippen LogP contribution is -2.42. The van der Waals surface area contributed by atoms with Crippen LogP contribution in [0.1, 0.15) is 59.8 Å². The summed E-state index contributed by atoms with van der Waals surface area (Å²) in [5, 5.41) is 13.2. The van der Waals surface area contributed by atoms with E-state index >= 15 is 0 Å². The fourth-order valence-corrected chi connectivity index (χ4v) is 1.68. The van der Waals surface area contributed by atoms with E-state index in [-0.39, 0.29) is 6.54 Å². The van der Waals surface area contributed by atoms with Crippen molar-refractivity contribution in [1.82, 2.24) is 5.32 Å². The summed E-state index contributed by atoms with van der Waals surface area (Å²) in [5.41, 5.74) is -0.592. The second-order valence-electron chi connectivity index (χ2n) is 5.71. The van der Waals surface area contributed by atoms with Crippen LogP contribution in [0.25, 0.3) is 0 Å². The third-order valence-electron chi connectivity index (χ3n) is 2.50. The maximum atomic E-state index is 11.6. The standard InChI is InChI=1S/C13H26N2O4/c1-5-6-7-8-9-11(10-15(17)18)14-12(16)19-13(2,3)4/h11H,5-10H2,1-4H3,(H,14,16)/t11-/m1/s1. The van der Waals surface area contributed by atoms with Crippen LogP contribution in [0.15, 0.2) is 0 Å². The number of nitro groups is 1. The number of alkyl carbamates (subject to hydrolysis) is 1. The van der Waals surface area contributed by atoms with Gasteiger partial charge in [0.1, 0.15) is 5.60 Å². The summed E-state index contributed by atoms with van der Waals surface area (Å²) in [6, 6.07) is -0.457. The minimum absolute atomic E-state index is 0.259. The van der Waals surface area contributed by atoms with E-state index in [1.54, 1.807) is 20.8 Å². The number of carbonyl (C=O) groups is 1. The Labute approximate surface area is 115 Å². The van der Waals surface area contributed by atoms with Gasteiger partial charge in [-0.2, -0.15) is 0 Å². The predicted octanol–water partition coefficient (Wildman–Crippen LogP) is 3.13. The second kappa shape index (κ2) is 8.72. The Bertz CT molecular complexity index is 287. The summed E-state index contributed by atoms with van der Waals surface area (Å²) in [7, 11) is 0. The Morgan fingerprint density at radius 2 is 1.95 bits per heavy atom. The van der Waals surface area contributed by atoms with Crippen LogP contribution < -0.4 is 5.32 Å². The zero-order valence-corrected chi connectivity index (χ0v) is 12.4. The van der Waals surface area contributed by atoms with Crippen LogP contribution in [0.2, 0.25) is 0 Å². The van der Waals surface area contributed by atoms with Crippen molar-refractivity contribution >= 4 is 6.09 Å². The van der Waals surface area contributed by atoms with Crippen molar-refractivity contribution in [2.24, 2.45) is 0 Å². The SMILES string of the molecule is CCCCCC[C@H](C[N+](=O)[O-])NC(=O)OC(C)(C)C. The molecule has 0 bridgehead atoms. The number of unbranched alkanes of at least 4 members (excludes halogenated alkanes) is 3. The molecule has 0 aliphatic heterocycles. The van der Waals surface area contributed by atoms with E-state index in [4.69, 9.17) is 4.74 Å². The smallest absolute Gasteiger partial charge is 0.408 e. The third-order valence-corrected chi connectivity index (χ3v) is 2.50. The average molecular weight is 274 g/mol. The van der Waals surface area contributed by atoms with Crippen molar-refractivity contribution in [3.05, 3.63) is 10.1 Å². The molecule has 0 aromatic carbocycles. The molecule has 0 fully saturated rings. The van der Waals surface area contributed by atoms with Crippen molar-refractivity contribution in [3.63, 3.8) is 0 Å². The molecular formula is C13H26N2O4. The summed E-state index contributed by atoms with van der Waals surface area (Å²) < 4.78 is 5.10. The van der Waals surface area contributed by atoms with Gasteiger partial charge >= 0.3 is 6.09 Å². The lowest BCUT2D eigenvalue weighted by Gasteiger charge is -2.22. The summed E-state index contributed by atoms with van der Waals surface area (Å²) in [5.74, 6) is 0. The van der Waals surface area contributed by atoms with Crippen molar-refractivity contribution < 1.29 is 14.5 Å². The molecule has 0 aliphatic rings. The minimum Gasteiger partial charge on any atom is -0.444 e. The van der Waals surface area contributed by atoms with Gasteiger partial charge in [0.25, 0.3) is 0 Å². The number of carbonyl (C=O) groups excluding carboxylic acids is 1. The summed E-state index contributed by atoms with van der Waals surface area (Å²) in [6.07, 6.45) is 4.15. The summed E-state index contributed by atoms with van der Waals surface area (Å²) in [6.45, 7) is 7.13. The van der Waals surface area contributed by atoms with Crippen molar-refractivity contribution in [2.45, 2.75) is 71.4 Å². The molecule has 0 aromatic rings. The van der Waals surface area contributed by atoms with E-state index in [0.717, 1.165) is 25.7 Å². The number of nitrogens with zero attached hydrogens (tertiary/aromatic N) is 1. The molecule has 0 unspecified atom stereocenters. The monoisotopic (exact) mass is 274 g/mol. The first-order valence-electron chi connectivity index (χ1n) is 6.86. The number of nitrogens with one attached hydrogen (secondary N) is 1. The molecule has 0 aliphatic carbocycles. The van der Waals surface area contributed by atoms with Gasteiger partial charge in [-0.3, -0.25) is 10.1 Å². The number of hydrogen-bond donors (Lipinski definition) is 1. The van der Waals surface area contributed by atoms with E-state index < -0.39 is 22.7 Å². The topological polar surface area (TPSA) is 81.5 Å². The van der Waals surface area contributed by atoms with Gasteiger partial charge < -0.3 is 10.1 Å². The zero-order chi connectivity index (χ0) is 14.9. The van der Waals surface area contributed by atoms with Crippen molar-refractivity contribution in [1.29, 1.82) is 0 Å². The first-order chi connectivity index (χ1) is 8.74. The number of hydrogen-bond acceptors (Lipinski definition) is 4. The fourth-order valence-electron chi connectivity index (χ4n) is 1.68. The molecule has 0 radical (unpaired) electrons. The molecular weight excluding hydrogens is 248 g/mol. The lowest BCUT2D eigenvalue weighted by molar-refractivity contribution is -0.483. The third kappa shape index (κ3) is 11.5. The molecule has 1 amide bonds. The lowest BCUT2D eigenvalue weighted by atomic mass is 10.1. The molecule has 112 valence electrons. The van der Waals surface area contributed by atoms with E-state index in [9.17, 15) is 14.9 Å². The Morgan fingerprint density at radius 1 is 1.32 bits per heavy atom. The molecule has 0 rings (SSSR count). The fraction of sp³-hybridized carbons (Fsp3) is 0.923. The molecule has 0 saturated heterocycles. The molecule has 19 heavy (non-hydrogen) atoms. The second-order valence-corrected chi connectivity index (χ2v) is 5.71. The Hall–Kier alpha value is -1.33. The minimum atomic E-state index is -0.592. The largest absolute Gasteiger partial charge is 0.444 e. The van der Waals surface area contributed by atoms with Gasteiger partial charge in [0.15, 0.2) is 0 Å². The van der Waals surface area contributed by atoms with Gasteiger partial charge in [-0.25, -0.2) is 4.79 Å². The van der Waals surface area contributed by atoms with E-state index in [1.807, 2.05) is 0 Å². The van der Waals surface area contributed by atoms with Crippen LogP contribution in [0.5, 0.6) is 0 Å². The molecule has 0 aromatic heterocycles. The van der Waals surface area contributed by atoms with Crippen LogP contribution >= 0.6 is 0 Å². The molecule has 0 spiro atoms. The van der Waals surface area contributed by atoms with Crippen molar-refractivity contribution in [2.75, 3.05) is 6.54 Å². The van der Waals surface area contributed by atoms with Gasteiger partial charge in [0.05, 0.1) is 6.04 Å². The molecule has 0 heterocycles. The van der Waals surface area contributed by atoms with Crippen LogP contribution in [-0.2, 0) is 4.74 Å². The van der Waals surface area contributed by atoms with Crippen LogP contribution in [0, 0.1) is 10.1 Å². The maximum Gasteiger partial charge on any atom is 0.408 e. The Kier molecular flexibility index (Phi) is 8.11. The highest BCUT2D eigenvalue weighted by atomic mass is 16.6. The van der Waals surface area contributed by atoms with Gasteiger partial charge in [0.2, 0.25) is 6.54 Å². The summed E-state index contributed by atoms with van der Waals surface area (Å²) in [4.78, 5) is 21.8. The zero-order valence-electron chi connectivity index (χ0n) is 12.4. The predicted molar refractivity (Wildman–Crippen MR) is 73.8 cm³/mol. The van der Waals surface area contributed by atoms with Gasteiger partial charge in [-0.1, -0.05) is 32.6 Å². The molecule has 1 atom stereocenters. The Balaban J connectivity index is 4.18. The molecule has 1 N–H and O–H groups in total. The van der Waals surface area contributed by atoms with Crippen LogP contribution in [-0.4, -0.2) is 29.2 Å². The van der Waals surface area contributed by atoms with E-state index in [2.05, 4.69) is 12.2 Å². The highest BCUT2D eigenvalue weighted by Crippen LogP contribution is 2.09. The quantitative estimate of drug-likeness (QED) is 0.419. The normalized spacial score (nSPS) is 12.8. The van der Waals surface area contributed by atoms with Crippen LogP contribution in [0.3, 0.4) is 0 Å². The Morgan fingerprint density at radius 3 is 2.42 bits per heavy atom. The number of ether oxygens (including phenoxy) is 1. The highest BCUT2D eigenvalue weighted by molar-refractivity contribution is 5.68. The van der Waals surface area contributed by atoms with Crippen molar-refractivity contribution in [3.8, 4) is 0 Å². The van der Waals surface area contributed by atoms with Gasteiger partial charge in [0, 0.05) is 4.92 Å². The maximum absolute atomic E-state index is 11.6. The van der Waals surface area contributed by atoms with Gasteiger partial charge in [-0.15, -0.1) is 0 Å². The van der Waals surface area contributed by atoms with Gasteiger partial charge in [-0.05, 0) is 27.2 Å². The molecule has 6 nitrogen and oxygen atoms in total.